The van der Waals surface area contributed by atoms with E-state index >= 15 is 0 Å². The van der Waals surface area contributed by atoms with E-state index in [1.165, 1.54) is 5.56 Å². The maximum Gasteiger partial charge on any atom is 0.221 e. The molecule has 152 valence electrons. The van der Waals surface area contributed by atoms with Gasteiger partial charge in [-0.25, -0.2) is 4.98 Å². The van der Waals surface area contributed by atoms with Crippen LogP contribution >= 0.6 is 0 Å². The Balaban J connectivity index is 0.000000360. The lowest BCUT2D eigenvalue weighted by Crippen LogP contribution is -2.08. The minimum absolute atomic E-state index is 0.0338. The molecule has 0 aliphatic rings. The van der Waals surface area contributed by atoms with Crippen LogP contribution in [0.15, 0.2) is 47.6 Å². The molecule has 0 aliphatic heterocycles. The van der Waals surface area contributed by atoms with Gasteiger partial charge >= 0.3 is 0 Å². The lowest BCUT2D eigenvalue weighted by Gasteiger charge is -2.16. The second-order valence-electron chi connectivity index (χ2n) is 6.61. The Morgan fingerprint density at radius 1 is 0.966 bits per heavy atom. The van der Waals surface area contributed by atoms with Gasteiger partial charge in [0.1, 0.15) is 0 Å². The Morgan fingerprint density at radius 3 is 2.00 bits per heavy atom. The van der Waals surface area contributed by atoms with Crippen molar-refractivity contribution in [1.29, 1.82) is 0 Å². The molecule has 7 heteroatoms. The molecule has 0 bridgehead atoms. The van der Waals surface area contributed by atoms with Crippen molar-refractivity contribution in [3.8, 4) is 17.4 Å². The van der Waals surface area contributed by atoms with E-state index in [1.807, 2.05) is 32.0 Å². The van der Waals surface area contributed by atoms with Crippen molar-refractivity contribution >= 4 is 16.5 Å². The van der Waals surface area contributed by atoms with Gasteiger partial charge in [-0.3, -0.25) is 0 Å². The monoisotopic (exact) mass is 394 g/mol. The zero-order valence-corrected chi connectivity index (χ0v) is 17.6. The molecular weight excluding hydrogens is 368 g/mol. The molecule has 1 heterocycles. The minimum Gasteiger partial charge on any atom is -0.493 e. The number of pyridine rings is 1. The van der Waals surface area contributed by atoms with E-state index < -0.39 is 0 Å². The first-order chi connectivity index (χ1) is 13.9. The van der Waals surface area contributed by atoms with Gasteiger partial charge in [-0.1, -0.05) is 41.0 Å². The van der Waals surface area contributed by atoms with Crippen LogP contribution in [0.1, 0.15) is 25.1 Å². The highest BCUT2D eigenvalue weighted by Gasteiger charge is 2.16. The molecule has 0 N–H and O–H groups in total. The smallest absolute Gasteiger partial charge is 0.221 e. The van der Waals surface area contributed by atoms with Crippen LogP contribution in [0.2, 0.25) is 0 Å². The number of benzene rings is 2. The predicted octanol–water partition coefficient (Wildman–Crippen LogP) is 6.28. The Morgan fingerprint density at radius 2 is 1.55 bits per heavy atom. The third kappa shape index (κ3) is 5.53. The van der Waals surface area contributed by atoms with Crippen molar-refractivity contribution in [2.45, 2.75) is 33.8 Å². The van der Waals surface area contributed by atoms with Crippen LogP contribution in [0.3, 0.4) is 0 Å². The number of ether oxygens (including phenoxy) is 3. The van der Waals surface area contributed by atoms with Crippen LogP contribution in [-0.4, -0.2) is 25.3 Å². The quantitative estimate of drug-likeness (QED) is 0.289. The minimum atomic E-state index is -0.0338. The van der Waals surface area contributed by atoms with Crippen molar-refractivity contribution in [2.75, 3.05) is 14.2 Å². The van der Waals surface area contributed by atoms with Gasteiger partial charge in [0.25, 0.3) is 0 Å². The third-order valence-electron chi connectivity index (χ3n) is 4.05. The summed E-state index contributed by atoms with van der Waals surface area (Å²) in [6, 6.07) is 13.8. The molecular formula is C22H26N4O3. The number of fused-ring (bicyclic) bond motifs is 1. The second kappa shape index (κ2) is 10.2. The molecule has 0 atom stereocenters. The molecule has 0 saturated carbocycles. The van der Waals surface area contributed by atoms with Crippen molar-refractivity contribution in [3.63, 3.8) is 0 Å². The van der Waals surface area contributed by atoms with Gasteiger partial charge in [0, 0.05) is 15.7 Å². The highest BCUT2D eigenvalue weighted by molar-refractivity contribution is 5.98. The molecule has 0 amide bonds. The average molecular weight is 394 g/mol. The van der Waals surface area contributed by atoms with Crippen molar-refractivity contribution in [2.24, 2.45) is 5.11 Å². The zero-order chi connectivity index (χ0) is 21.4. The van der Waals surface area contributed by atoms with Crippen LogP contribution in [0.25, 0.3) is 21.2 Å². The molecule has 1 aromatic heterocycles. The molecule has 0 fully saturated rings. The predicted molar refractivity (Wildman–Crippen MR) is 115 cm³/mol. The summed E-state index contributed by atoms with van der Waals surface area (Å²) in [4.78, 5) is 7.29. The molecule has 0 saturated heterocycles. The van der Waals surface area contributed by atoms with E-state index in [4.69, 9.17) is 19.7 Å². The Kier molecular flexibility index (Phi) is 7.69. The largest absolute Gasteiger partial charge is 0.493 e. The number of hydrogen-bond donors (Lipinski definition) is 0. The van der Waals surface area contributed by atoms with Crippen LogP contribution in [0.4, 0.5) is 5.69 Å². The van der Waals surface area contributed by atoms with E-state index in [2.05, 4.69) is 34.1 Å². The maximum absolute atomic E-state index is 8.79. The Bertz CT molecular complexity index is 1010. The molecule has 0 unspecified atom stereocenters. The standard InChI is InChI=1S/C15H18N4O3.C7H8/c1-8(2)22-15-11-7-13(21-5)12(20-4)6-10(11)14(18-19-16)9(3)17-15;1-7-5-3-2-4-6-7/h6-8H,1-5H3;2-6H,1H3. The van der Waals surface area contributed by atoms with Crippen LogP contribution in [0.5, 0.6) is 17.4 Å². The number of azide groups is 1. The summed E-state index contributed by atoms with van der Waals surface area (Å²) in [5.41, 5.74) is 11.2. The normalized spacial score (nSPS) is 10.0. The van der Waals surface area contributed by atoms with E-state index in [0.29, 0.717) is 39.5 Å². The van der Waals surface area contributed by atoms with E-state index in [-0.39, 0.29) is 6.10 Å². The Labute approximate surface area is 170 Å². The first-order valence-electron chi connectivity index (χ1n) is 9.21. The molecule has 3 aromatic rings. The first kappa shape index (κ1) is 21.9. The number of hydrogen-bond acceptors (Lipinski definition) is 5. The highest BCUT2D eigenvalue weighted by atomic mass is 16.5. The number of nitrogens with zero attached hydrogens (tertiary/aromatic N) is 4. The summed E-state index contributed by atoms with van der Waals surface area (Å²) in [5, 5.41) is 5.17. The SMILES string of the molecule is COc1cc2c(OC(C)C)nc(C)c(N=[N+]=[N-])c2cc1OC.Cc1ccccc1. The molecule has 0 aliphatic carbocycles. The summed E-state index contributed by atoms with van der Waals surface area (Å²) in [7, 11) is 3.11. The van der Waals surface area contributed by atoms with Gasteiger partial charge in [-0.15, -0.1) is 0 Å². The van der Waals surface area contributed by atoms with E-state index in [9.17, 15) is 0 Å². The van der Waals surface area contributed by atoms with E-state index in [1.54, 1.807) is 33.3 Å². The molecule has 0 radical (unpaired) electrons. The van der Waals surface area contributed by atoms with Crippen LogP contribution in [-0.2, 0) is 0 Å². The molecule has 3 rings (SSSR count). The fourth-order valence-electron chi connectivity index (χ4n) is 2.73. The fourth-order valence-corrected chi connectivity index (χ4v) is 2.73. The van der Waals surface area contributed by atoms with Crippen molar-refractivity contribution in [3.05, 3.63) is 64.2 Å². The van der Waals surface area contributed by atoms with Crippen molar-refractivity contribution in [1.82, 2.24) is 4.98 Å². The summed E-state index contributed by atoms with van der Waals surface area (Å²) in [6.07, 6.45) is -0.0338. The topological polar surface area (TPSA) is 89.3 Å². The van der Waals surface area contributed by atoms with Gasteiger partial charge in [0.05, 0.1) is 31.7 Å². The highest BCUT2D eigenvalue weighted by Crippen LogP contribution is 2.41. The zero-order valence-electron chi connectivity index (χ0n) is 17.6. The van der Waals surface area contributed by atoms with Gasteiger partial charge in [0.15, 0.2) is 11.5 Å². The summed E-state index contributed by atoms with van der Waals surface area (Å²) in [6.45, 7) is 7.70. The maximum atomic E-state index is 8.79. The van der Waals surface area contributed by atoms with Crippen molar-refractivity contribution < 1.29 is 14.2 Å². The second-order valence-corrected chi connectivity index (χ2v) is 6.61. The molecule has 2 aromatic carbocycles. The lowest BCUT2D eigenvalue weighted by molar-refractivity contribution is 0.235. The van der Waals surface area contributed by atoms with Gasteiger partial charge < -0.3 is 14.2 Å². The summed E-state index contributed by atoms with van der Waals surface area (Å²) >= 11 is 0. The number of aromatic nitrogens is 1. The molecule has 7 nitrogen and oxygen atoms in total. The Hall–Kier alpha value is -3.44. The average Bonchev–Trinajstić information content (AvgIpc) is 2.70. The summed E-state index contributed by atoms with van der Waals surface area (Å²) in [5.74, 6) is 1.58. The van der Waals surface area contributed by atoms with Crippen LogP contribution < -0.4 is 14.2 Å². The number of methoxy groups -OCH3 is 2. The first-order valence-corrected chi connectivity index (χ1v) is 9.21. The molecule has 29 heavy (non-hydrogen) atoms. The fraction of sp³-hybridized carbons (Fsp3) is 0.318. The van der Waals surface area contributed by atoms with E-state index in [0.717, 1.165) is 0 Å². The van der Waals surface area contributed by atoms with Crippen LogP contribution in [0, 0.1) is 13.8 Å². The van der Waals surface area contributed by atoms with Gasteiger partial charge in [0.2, 0.25) is 5.88 Å². The summed E-state index contributed by atoms with van der Waals surface area (Å²) < 4.78 is 16.4. The van der Waals surface area contributed by atoms with Gasteiger partial charge in [-0.2, -0.15) is 0 Å². The number of aryl methyl sites for hydroxylation is 2. The lowest BCUT2D eigenvalue weighted by atomic mass is 10.1. The van der Waals surface area contributed by atoms with Gasteiger partial charge in [-0.05, 0) is 45.4 Å². The number of rotatable bonds is 5. The molecule has 0 spiro atoms. The third-order valence-corrected chi connectivity index (χ3v) is 4.05.